The molecule has 0 amide bonds. The van der Waals surface area contributed by atoms with Crippen molar-refractivity contribution in [1.29, 1.82) is 0 Å². The van der Waals surface area contributed by atoms with Gasteiger partial charge in [0.2, 0.25) is 0 Å². The van der Waals surface area contributed by atoms with Crippen LogP contribution in [-0.4, -0.2) is 24.5 Å². The molecule has 2 nitrogen and oxygen atoms in total. The second-order valence-electron chi connectivity index (χ2n) is 2.84. The van der Waals surface area contributed by atoms with E-state index in [1.165, 1.54) is 7.11 Å². The number of rotatable bonds is 4. The Morgan fingerprint density at radius 1 is 1.57 bits per heavy atom. The van der Waals surface area contributed by atoms with Gasteiger partial charge in [-0.15, -0.1) is 0 Å². The van der Waals surface area contributed by atoms with Gasteiger partial charge in [-0.2, -0.15) is 13.2 Å². The Kier molecular flexibility index (Phi) is 4.70. The minimum atomic E-state index is -4.57. The van der Waals surface area contributed by atoms with Crippen LogP contribution in [-0.2, 0) is 4.74 Å². The lowest BCUT2D eigenvalue weighted by atomic mass is 10.1. The molecule has 0 aliphatic rings. The normalized spacial score (nSPS) is 15.4. The third kappa shape index (κ3) is 4.32. The van der Waals surface area contributed by atoms with E-state index in [1.54, 1.807) is 6.92 Å². The molecule has 14 heavy (non-hydrogen) atoms. The lowest BCUT2D eigenvalue weighted by Gasteiger charge is -2.11. The smallest absolute Gasteiger partial charge is 0.419 e. The Bertz CT molecular complexity index is 231. The average molecular weight is 210 g/mol. The number of hydrogen-bond acceptors (Lipinski definition) is 2. The highest BCUT2D eigenvalue weighted by Crippen LogP contribution is 2.29. The van der Waals surface area contributed by atoms with E-state index in [0.29, 0.717) is 0 Å². The SMILES string of the molecule is C=C(O)/C(=C\CC(C)OC)C(F)(F)F. The monoisotopic (exact) mass is 210 g/mol. The largest absolute Gasteiger partial charge is 0.508 e. The topological polar surface area (TPSA) is 29.5 Å². The van der Waals surface area contributed by atoms with Gasteiger partial charge in [0.05, 0.1) is 11.7 Å². The zero-order valence-corrected chi connectivity index (χ0v) is 8.06. The minimum absolute atomic E-state index is 0.0743. The molecule has 82 valence electrons. The van der Waals surface area contributed by atoms with Crippen molar-refractivity contribution in [3.8, 4) is 0 Å². The summed E-state index contributed by atoms with van der Waals surface area (Å²) < 4.78 is 41.4. The molecule has 0 aliphatic carbocycles. The molecule has 1 atom stereocenters. The lowest BCUT2D eigenvalue weighted by Crippen LogP contribution is -2.14. The summed E-state index contributed by atoms with van der Waals surface area (Å²) in [6.45, 7) is 4.48. The second-order valence-corrected chi connectivity index (χ2v) is 2.84. The summed E-state index contributed by atoms with van der Waals surface area (Å²) >= 11 is 0. The fraction of sp³-hybridized carbons (Fsp3) is 0.556. The van der Waals surface area contributed by atoms with E-state index in [0.717, 1.165) is 6.08 Å². The predicted molar refractivity (Wildman–Crippen MR) is 47.0 cm³/mol. The van der Waals surface area contributed by atoms with Gasteiger partial charge in [0.25, 0.3) is 0 Å². The lowest BCUT2D eigenvalue weighted by molar-refractivity contribution is -0.0927. The number of aliphatic hydroxyl groups is 1. The molecule has 1 N–H and O–H groups in total. The molecule has 1 unspecified atom stereocenters. The van der Waals surface area contributed by atoms with E-state index in [1.807, 2.05) is 0 Å². The van der Waals surface area contributed by atoms with Crippen LogP contribution in [0.15, 0.2) is 24.0 Å². The van der Waals surface area contributed by atoms with Gasteiger partial charge in [0, 0.05) is 7.11 Å². The summed E-state index contributed by atoms with van der Waals surface area (Å²) in [4.78, 5) is 0. The molecule has 0 rings (SSSR count). The van der Waals surface area contributed by atoms with Crippen LogP contribution in [0.5, 0.6) is 0 Å². The highest BCUT2D eigenvalue weighted by molar-refractivity contribution is 5.26. The summed E-state index contributed by atoms with van der Waals surface area (Å²) in [5.41, 5.74) is -1.11. The van der Waals surface area contributed by atoms with Crippen molar-refractivity contribution < 1.29 is 23.0 Å². The van der Waals surface area contributed by atoms with Crippen LogP contribution in [0.3, 0.4) is 0 Å². The number of methoxy groups -OCH3 is 1. The molecule has 0 bridgehead atoms. The number of hydrogen-bond donors (Lipinski definition) is 1. The van der Waals surface area contributed by atoms with Gasteiger partial charge in [0.15, 0.2) is 0 Å². The Morgan fingerprint density at radius 3 is 2.36 bits per heavy atom. The molecule has 0 fully saturated rings. The van der Waals surface area contributed by atoms with Crippen LogP contribution < -0.4 is 0 Å². The van der Waals surface area contributed by atoms with Gasteiger partial charge >= 0.3 is 6.18 Å². The summed E-state index contributed by atoms with van der Waals surface area (Å²) in [7, 11) is 1.40. The van der Waals surface area contributed by atoms with Crippen molar-refractivity contribution in [3.63, 3.8) is 0 Å². The number of alkyl halides is 3. The maximum absolute atomic E-state index is 12.2. The van der Waals surface area contributed by atoms with Gasteiger partial charge < -0.3 is 9.84 Å². The third-order valence-electron chi connectivity index (χ3n) is 1.67. The van der Waals surface area contributed by atoms with Gasteiger partial charge in [-0.3, -0.25) is 0 Å². The van der Waals surface area contributed by atoms with Crippen molar-refractivity contribution in [1.82, 2.24) is 0 Å². The summed E-state index contributed by atoms with van der Waals surface area (Å²) in [5.74, 6) is -0.971. The van der Waals surface area contributed by atoms with Gasteiger partial charge in [-0.05, 0) is 13.3 Å². The Balaban J connectivity index is 4.59. The van der Waals surface area contributed by atoms with Crippen LogP contribution in [0.2, 0.25) is 0 Å². The Hall–Kier alpha value is -0.970. The average Bonchev–Trinajstić information content (AvgIpc) is 2.01. The zero-order valence-electron chi connectivity index (χ0n) is 8.06. The Morgan fingerprint density at radius 2 is 2.07 bits per heavy atom. The first-order valence-electron chi connectivity index (χ1n) is 3.97. The molecular weight excluding hydrogens is 197 g/mol. The van der Waals surface area contributed by atoms with Crippen LogP contribution in [0.1, 0.15) is 13.3 Å². The fourth-order valence-corrected chi connectivity index (χ4v) is 0.777. The first-order valence-corrected chi connectivity index (χ1v) is 3.97. The molecule has 0 aromatic carbocycles. The van der Waals surface area contributed by atoms with E-state index < -0.39 is 17.5 Å². The van der Waals surface area contributed by atoms with Crippen LogP contribution in [0.4, 0.5) is 13.2 Å². The summed E-state index contributed by atoms with van der Waals surface area (Å²) in [5, 5.41) is 8.71. The molecule has 0 saturated carbocycles. The first kappa shape index (κ1) is 13.0. The summed E-state index contributed by atoms with van der Waals surface area (Å²) in [6, 6.07) is 0. The Labute approximate surface area is 80.7 Å². The molecular formula is C9H13F3O2. The third-order valence-corrected chi connectivity index (χ3v) is 1.67. The molecule has 5 heteroatoms. The first-order chi connectivity index (χ1) is 6.29. The predicted octanol–water partition coefficient (Wildman–Crippen LogP) is 2.97. The van der Waals surface area contributed by atoms with Crippen LogP contribution in [0, 0.1) is 0 Å². The van der Waals surface area contributed by atoms with E-state index >= 15 is 0 Å². The van der Waals surface area contributed by atoms with Gasteiger partial charge in [-0.1, -0.05) is 12.7 Å². The fourth-order valence-electron chi connectivity index (χ4n) is 0.777. The van der Waals surface area contributed by atoms with E-state index in [2.05, 4.69) is 6.58 Å². The quantitative estimate of drug-likeness (QED) is 0.571. The van der Waals surface area contributed by atoms with Gasteiger partial charge in [-0.25, -0.2) is 0 Å². The molecule has 0 radical (unpaired) electrons. The van der Waals surface area contributed by atoms with Crippen LogP contribution >= 0.6 is 0 Å². The van der Waals surface area contributed by atoms with Gasteiger partial charge in [0.1, 0.15) is 5.76 Å². The minimum Gasteiger partial charge on any atom is -0.508 e. The number of halogens is 3. The molecule has 0 saturated heterocycles. The highest BCUT2D eigenvalue weighted by Gasteiger charge is 2.35. The summed E-state index contributed by atoms with van der Waals surface area (Å²) in [6.07, 6.45) is -3.95. The van der Waals surface area contributed by atoms with Crippen LogP contribution in [0.25, 0.3) is 0 Å². The maximum Gasteiger partial charge on any atom is 0.419 e. The maximum atomic E-state index is 12.2. The molecule has 0 aromatic heterocycles. The molecule has 0 aromatic rings. The number of allylic oxidation sites excluding steroid dienone is 1. The zero-order chi connectivity index (χ0) is 11.4. The number of aliphatic hydroxyl groups excluding tert-OH is 1. The standard InChI is InChI=1S/C9H13F3O2/c1-6(14-3)4-5-8(7(2)13)9(10,11)12/h5-6,13H,2,4H2,1,3H3/b8-5+. The van der Waals surface area contributed by atoms with Crippen molar-refractivity contribution in [2.75, 3.05) is 7.11 Å². The molecule has 0 heterocycles. The number of ether oxygens (including phenoxy) is 1. The molecule has 0 spiro atoms. The van der Waals surface area contributed by atoms with E-state index in [9.17, 15) is 13.2 Å². The van der Waals surface area contributed by atoms with Crippen molar-refractivity contribution in [3.05, 3.63) is 24.0 Å². The van der Waals surface area contributed by atoms with E-state index in [4.69, 9.17) is 9.84 Å². The molecule has 0 aliphatic heterocycles. The van der Waals surface area contributed by atoms with E-state index in [-0.39, 0.29) is 12.5 Å². The van der Waals surface area contributed by atoms with Crippen molar-refractivity contribution >= 4 is 0 Å². The van der Waals surface area contributed by atoms with Crippen molar-refractivity contribution in [2.45, 2.75) is 25.6 Å². The van der Waals surface area contributed by atoms with Crippen molar-refractivity contribution in [2.24, 2.45) is 0 Å². The highest BCUT2D eigenvalue weighted by atomic mass is 19.4. The second kappa shape index (κ2) is 5.05.